The molecule has 1 atom stereocenters. The number of nitrogens with zero attached hydrogens (tertiary/aromatic N) is 2. The second kappa shape index (κ2) is 3.73. The Morgan fingerprint density at radius 1 is 1.64 bits per heavy atom. The van der Waals surface area contributed by atoms with E-state index < -0.39 is 0 Å². The fourth-order valence-corrected chi connectivity index (χ4v) is 0.839. The first-order chi connectivity index (χ1) is 5.24. The van der Waals surface area contributed by atoms with E-state index in [4.69, 9.17) is 10.2 Å². The first kappa shape index (κ1) is 8.55. The van der Waals surface area contributed by atoms with Gasteiger partial charge in [-0.05, 0) is 12.7 Å². The van der Waals surface area contributed by atoms with E-state index in [9.17, 15) is 0 Å². The van der Waals surface area contributed by atoms with E-state index in [1.54, 1.807) is 6.92 Å². The Morgan fingerprint density at radius 2 is 2.36 bits per heavy atom. The number of hydrogen-bond acceptors (Lipinski definition) is 5. The fraction of sp³-hybridized carbons (Fsp3) is 0.667. The van der Waals surface area contributed by atoms with Crippen LogP contribution in [0.2, 0.25) is 0 Å². The van der Waals surface area contributed by atoms with Gasteiger partial charge in [-0.1, -0.05) is 0 Å². The Labute approximate surface area is 70.6 Å². The van der Waals surface area contributed by atoms with Crippen LogP contribution in [0.1, 0.15) is 24.7 Å². The van der Waals surface area contributed by atoms with Crippen molar-refractivity contribution in [2.75, 3.05) is 5.75 Å². The number of nitrogens with two attached hydrogens (primary N) is 1. The Morgan fingerprint density at radius 3 is 2.82 bits per heavy atom. The molecule has 5 heteroatoms. The van der Waals surface area contributed by atoms with Crippen molar-refractivity contribution < 1.29 is 4.42 Å². The smallest absolute Gasteiger partial charge is 0.232 e. The third-order valence-electron chi connectivity index (χ3n) is 1.20. The molecule has 1 aromatic rings. The normalized spacial score (nSPS) is 13.4. The molecule has 1 rings (SSSR count). The molecule has 0 amide bonds. The van der Waals surface area contributed by atoms with Crippen LogP contribution in [-0.2, 0) is 6.42 Å². The highest BCUT2D eigenvalue weighted by Crippen LogP contribution is 2.07. The summed E-state index contributed by atoms with van der Waals surface area (Å²) in [6, 6.07) is -0.184. The highest BCUT2D eigenvalue weighted by Gasteiger charge is 2.08. The summed E-state index contributed by atoms with van der Waals surface area (Å²) < 4.78 is 5.19. The zero-order valence-corrected chi connectivity index (χ0v) is 7.21. The minimum absolute atomic E-state index is 0.184. The second-order valence-corrected chi connectivity index (χ2v) is 2.74. The maximum absolute atomic E-state index is 5.51. The molecule has 11 heavy (non-hydrogen) atoms. The molecular weight excluding hydrogens is 162 g/mol. The summed E-state index contributed by atoms with van der Waals surface area (Å²) in [5.74, 6) is 1.80. The van der Waals surface area contributed by atoms with Gasteiger partial charge in [-0.3, -0.25) is 0 Å². The molecule has 0 aliphatic rings. The minimum atomic E-state index is -0.184. The number of rotatable bonds is 3. The molecule has 0 bridgehead atoms. The molecule has 0 aliphatic heterocycles. The van der Waals surface area contributed by atoms with Crippen molar-refractivity contribution >= 4 is 12.6 Å². The second-order valence-electron chi connectivity index (χ2n) is 2.30. The average molecular weight is 173 g/mol. The summed E-state index contributed by atoms with van der Waals surface area (Å²) in [5, 5.41) is 7.54. The molecule has 2 N–H and O–H groups in total. The van der Waals surface area contributed by atoms with E-state index in [1.165, 1.54) is 0 Å². The number of hydrogen-bond donors (Lipinski definition) is 2. The minimum Gasteiger partial charge on any atom is -0.424 e. The predicted molar refractivity (Wildman–Crippen MR) is 44.5 cm³/mol. The lowest BCUT2D eigenvalue weighted by Gasteiger charge is -1.94. The maximum atomic E-state index is 5.51. The van der Waals surface area contributed by atoms with Gasteiger partial charge in [0.1, 0.15) is 0 Å². The van der Waals surface area contributed by atoms with Crippen LogP contribution in [0.15, 0.2) is 4.42 Å². The molecule has 0 radical (unpaired) electrons. The van der Waals surface area contributed by atoms with Crippen LogP contribution < -0.4 is 5.73 Å². The first-order valence-electron chi connectivity index (χ1n) is 3.42. The van der Waals surface area contributed by atoms with E-state index >= 15 is 0 Å². The van der Waals surface area contributed by atoms with Crippen molar-refractivity contribution in [3.8, 4) is 0 Å². The van der Waals surface area contributed by atoms with Gasteiger partial charge in [0.25, 0.3) is 0 Å². The summed E-state index contributed by atoms with van der Waals surface area (Å²) in [6.07, 6.45) is 0.697. The van der Waals surface area contributed by atoms with Gasteiger partial charge in [0, 0.05) is 6.42 Å². The lowest BCUT2D eigenvalue weighted by Crippen LogP contribution is -2.04. The van der Waals surface area contributed by atoms with Crippen LogP contribution in [0.25, 0.3) is 0 Å². The van der Waals surface area contributed by atoms with Gasteiger partial charge in [0.05, 0.1) is 6.04 Å². The molecule has 0 aliphatic carbocycles. The molecule has 0 unspecified atom stereocenters. The van der Waals surface area contributed by atoms with E-state index in [1.807, 2.05) is 0 Å². The molecule has 0 fully saturated rings. The molecule has 4 nitrogen and oxygen atoms in total. The molecule has 62 valence electrons. The van der Waals surface area contributed by atoms with Crippen molar-refractivity contribution in [2.24, 2.45) is 5.73 Å². The van der Waals surface area contributed by atoms with E-state index in [-0.39, 0.29) is 6.04 Å². The molecular formula is C6H11N3OS. The largest absolute Gasteiger partial charge is 0.424 e. The highest BCUT2D eigenvalue weighted by atomic mass is 32.1. The summed E-state index contributed by atoms with van der Waals surface area (Å²) in [5.41, 5.74) is 5.51. The van der Waals surface area contributed by atoms with E-state index in [0.29, 0.717) is 24.0 Å². The Balaban J connectivity index is 2.66. The number of thiol groups is 1. The third-order valence-corrected chi connectivity index (χ3v) is 1.42. The van der Waals surface area contributed by atoms with Gasteiger partial charge in [-0.15, -0.1) is 10.2 Å². The van der Waals surface area contributed by atoms with Gasteiger partial charge in [-0.25, -0.2) is 0 Å². The topological polar surface area (TPSA) is 64.9 Å². The summed E-state index contributed by atoms with van der Waals surface area (Å²) in [4.78, 5) is 0. The van der Waals surface area contributed by atoms with Crippen LogP contribution >= 0.6 is 12.6 Å². The van der Waals surface area contributed by atoms with E-state index in [2.05, 4.69) is 22.8 Å². The average Bonchev–Trinajstić information content (AvgIpc) is 2.37. The van der Waals surface area contributed by atoms with Crippen LogP contribution in [0, 0.1) is 0 Å². The summed E-state index contributed by atoms with van der Waals surface area (Å²) in [6.45, 7) is 1.80. The molecule has 1 heterocycles. The van der Waals surface area contributed by atoms with Crippen molar-refractivity contribution in [3.63, 3.8) is 0 Å². The SMILES string of the molecule is C[C@H](N)c1nnc(CCS)o1. The van der Waals surface area contributed by atoms with Crippen molar-refractivity contribution in [1.29, 1.82) is 0 Å². The van der Waals surface area contributed by atoms with Crippen molar-refractivity contribution in [3.05, 3.63) is 11.8 Å². The molecule has 0 aromatic carbocycles. The summed E-state index contributed by atoms with van der Waals surface area (Å²) >= 11 is 4.03. The Bertz CT molecular complexity index is 223. The predicted octanol–water partition coefficient (Wildman–Crippen LogP) is 0.562. The highest BCUT2D eigenvalue weighted by molar-refractivity contribution is 7.80. The zero-order valence-electron chi connectivity index (χ0n) is 6.32. The maximum Gasteiger partial charge on any atom is 0.232 e. The van der Waals surface area contributed by atoms with Crippen molar-refractivity contribution in [2.45, 2.75) is 19.4 Å². The first-order valence-corrected chi connectivity index (χ1v) is 4.06. The van der Waals surface area contributed by atoms with Crippen LogP contribution in [0.5, 0.6) is 0 Å². The monoisotopic (exact) mass is 173 g/mol. The molecule has 0 spiro atoms. The third kappa shape index (κ3) is 2.20. The van der Waals surface area contributed by atoms with Gasteiger partial charge < -0.3 is 10.2 Å². The van der Waals surface area contributed by atoms with Crippen LogP contribution in [0.3, 0.4) is 0 Å². The fourth-order valence-electron chi connectivity index (χ4n) is 0.647. The van der Waals surface area contributed by atoms with Gasteiger partial charge in [0.15, 0.2) is 0 Å². The zero-order chi connectivity index (χ0) is 8.27. The quantitative estimate of drug-likeness (QED) is 0.655. The standard InChI is InChI=1S/C6H11N3OS/c1-4(7)6-9-8-5(10-6)2-3-11/h4,11H,2-3,7H2,1H3/t4-/m0/s1. The number of aromatic nitrogens is 2. The van der Waals surface area contributed by atoms with Gasteiger partial charge in [0.2, 0.25) is 11.8 Å². The van der Waals surface area contributed by atoms with Gasteiger partial charge >= 0.3 is 0 Å². The van der Waals surface area contributed by atoms with Crippen LogP contribution in [-0.4, -0.2) is 16.0 Å². The number of aryl methyl sites for hydroxylation is 1. The lowest BCUT2D eigenvalue weighted by molar-refractivity contribution is 0.431. The van der Waals surface area contributed by atoms with Gasteiger partial charge in [-0.2, -0.15) is 12.6 Å². The molecule has 0 saturated heterocycles. The van der Waals surface area contributed by atoms with Crippen molar-refractivity contribution in [1.82, 2.24) is 10.2 Å². The summed E-state index contributed by atoms with van der Waals surface area (Å²) in [7, 11) is 0. The molecule has 0 saturated carbocycles. The Hall–Kier alpha value is -0.550. The Kier molecular flexibility index (Phi) is 2.90. The van der Waals surface area contributed by atoms with Crippen LogP contribution in [0.4, 0.5) is 0 Å². The van der Waals surface area contributed by atoms with E-state index in [0.717, 1.165) is 0 Å². The molecule has 1 aromatic heterocycles. The lowest BCUT2D eigenvalue weighted by atomic mass is 10.4.